The van der Waals surface area contributed by atoms with Crippen LogP contribution in [0.1, 0.15) is 24.9 Å². The molecule has 1 heterocycles. The maximum atomic E-state index is 12.0. The molecule has 1 fully saturated rings. The first-order valence-corrected chi connectivity index (χ1v) is 7.89. The lowest BCUT2D eigenvalue weighted by Crippen LogP contribution is -2.42. The fourth-order valence-corrected chi connectivity index (χ4v) is 2.45. The third kappa shape index (κ3) is 5.66. The number of hydrogen-bond acceptors (Lipinski definition) is 5. The highest BCUT2D eigenvalue weighted by Gasteiger charge is 2.21. The molecule has 0 aliphatic carbocycles. The zero-order valence-corrected chi connectivity index (χ0v) is 13.7. The second-order valence-corrected chi connectivity index (χ2v) is 5.52. The Morgan fingerprint density at radius 2 is 1.88 bits per heavy atom. The Bertz CT molecular complexity index is 570. The summed E-state index contributed by atoms with van der Waals surface area (Å²) in [5.74, 6) is -0.998. The van der Waals surface area contributed by atoms with Crippen LogP contribution in [0.4, 0.5) is 0 Å². The van der Waals surface area contributed by atoms with E-state index in [2.05, 4.69) is 5.32 Å². The minimum Gasteiger partial charge on any atom is -0.455 e. The summed E-state index contributed by atoms with van der Waals surface area (Å²) in [6, 6.07) is 8.69. The molecule has 0 saturated carbocycles. The minimum absolute atomic E-state index is 0.0278. The number of carbonyl (C=O) groups is 3. The molecular formula is C17H22N2O5. The Labute approximate surface area is 140 Å². The number of benzene rings is 1. The lowest BCUT2D eigenvalue weighted by molar-refractivity contribution is -0.154. The van der Waals surface area contributed by atoms with Crippen LogP contribution in [0.15, 0.2) is 30.3 Å². The number of hydrogen-bond donors (Lipinski definition) is 1. The van der Waals surface area contributed by atoms with Crippen LogP contribution in [0.25, 0.3) is 0 Å². The van der Waals surface area contributed by atoms with Gasteiger partial charge in [-0.05, 0) is 5.56 Å². The zero-order valence-electron chi connectivity index (χ0n) is 13.7. The second kappa shape index (κ2) is 9.02. The van der Waals surface area contributed by atoms with Crippen LogP contribution in [0.3, 0.4) is 0 Å². The molecule has 1 aromatic carbocycles. The van der Waals surface area contributed by atoms with Gasteiger partial charge >= 0.3 is 5.97 Å². The number of esters is 1. The van der Waals surface area contributed by atoms with Crippen LogP contribution in [-0.2, 0) is 23.9 Å². The van der Waals surface area contributed by atoms with E-state index in [1.54, 1.807) is 4.90 Å². The summed E-state index contributed by atoms with van der Waals surface area (Å²) < 4.78 is 10.2. The van der Waals surface area contributed by atoms with E-state index in [-0.39, 0.29) is 24.8 Å². The summed E-state index contributed by atoms with van der Waals surface area (Å²) in [6.07, 6.45) is -0.0278. The van der Waals surface area contributed by atoms with Crippen molar-refractivity contribution in [1.82, 2.24) is 10.2 Å². The average Bonchev–Trinajstić information content (AvgIpc) is 2.60. The Morgan fingerprint density at radius 1 is 1.21 bits per heavy atom. The third-order valence-electron chi connectivity index (χ3n) is 3.67. The van der Waals surface area contributed by atoms with Crippen LogP contribution in [0.5, 0.6) is 0 Å². The first kappa shape index (κ1) is 17.9. The van der Waals surface area contributed by atoms with Gasteiger partial charge in [-0.1, -0.05) is 30.3 Å². The van der Waals surface area contributed by atoms with Crippen LogP contribution in [0, 0.1) is 0 Å². The average molecular weight is 334 g/mol. The molecule has 0 unspecified atom stereocenters. The largest absolute Gasteiger partial charge is 0.455 e. The zero-order chi connectivity index (χ0) is 17.4. The first-order chi connectivity index (χ1) is 11.6. The molecule has 0 spiro atoms. The van der Waals surface area contributed by atoms with Crippen LogP contribution < -0.4 is 5.32 Å². The molecule has 1 aromatic rings. The molecule has 7 nitrogen and oxygen atoms in total. The number of carbonyl (C=O) groups excluding carboxylic acids is 3. The lowest BCUT2D eigenvalue weighted by atomic mass is 10.0. The van der Waals surface area contributed by atoms with Crippen LogP contribution >= 0.6 is 0 Å². The number of nitrogens with zero attached hydrogens (tertiary/aromatic N) is 1. The Morgan fingerprint density at radius 3 is 2.50 bits per heavy atom. The Kier molecular flexibility index (Phi) is 6.74. The van der Waals surface area contributed by atoms with Gasteiger partial charge in [0.1, 0.15) is 0 Å². The number of morpholine rings is 1. The quantitative estimate of drug-likeness (QED) is 0.773. The predicted molar refractivity (Wildman–Crippen MR) is 86.0 cm³/mol. The molecule has 1 aliphatic rings. The van der Waals surface area contributed by atoms with Gasteiger partial charge in [0.05, 0.1) is 25.7 Å². The second-order valence-electron chi connectivity index (χ2n) is 5.52. The number of nitrogens with one attached hydrogen (secondary N) is 1. The van der Waals surface area contributed by atoms with Crippen molar-refractivity contribution < 1.29 is 23.9 Å². The maximum absolute atomic E-state index is 12.0. The fourth-order valence-electron chi connectivity index (χ4n) is 2.45. The van der Waals surface area contributed by atoms with E-state index < -0.39 is 12.0 Å². The van der Waals surface area contributed by atoms with Crippen molar-refractivity contribution in [1.29, 1.82) is 0 Å². The van der Waals surface area contributed by atoms with E-state index in [1.165, 1.54) is 6.92 Å². The van der Waals surface area contributed by atoms with Crippen LogP contribution in [-0.4, -0.2) is 55.6 Å². The van der Waals surface area contributed by atoms with E-state index in [4.69, 9.17) is 9.47 Å². The van der Waals surface area contributed by atoms with Crippen molar-refractivity contribution in [3.8, 4) is 0 Å². The highest BCUT2D eigenvalue weighted by molar-refractivity contribution is 5.81. The fraction of sp³-hybridized carbons (Fsp3) is 0.471. The standard InChI is InChI=1S/C17H22N2O5/c1-13(20)18-15(14-5-3-2-4-6-14)11-17(22)24-12-16(21)19-7-9-23-10-8-19/h2-6,15H,7-12H2,1H3,(H,18,20)/t15-/m0/s1. The van der Waals surface area contributed by atoms with Gasteiger partial charge in [0.2, 0.25) is 5.91 Å². The Hall–Kier alpha value is -2.41. The van der Waals surface area contributed by atoms with Crippen molar-refractivity contribution in [2.75, 3.05) is 32.9 Å². The predicted octanol–water partition coefficient (Wildman–Crippen LogP) is 0.656. The number of amides is 2. The van der Waals surface area contributed by atoms with Crippen molar-refractivity contribution in [3.05, 3.63) is 35.9 Å². The molecule has 1 aliphatic heterocycles. The smallest absolute Gasteiger partial charge is 0.308 e. The van der Waals surface area contributed by atoms with E-state index >= 15 is 0 Å². The molecule has 0 bridgehead atoms. The summed E-state index contributed by atoms with van der Waals surface area (Å²) in [6.45, 7) is 3.12. The van der Waals surface area contributed by atoms with Gasteiger partial charge < -0.3 is 19.7 Å². The van der Waals surface area contributed by atoms with Gasteiger partial charge in [-0.3, -0.25) is 14.4 Å². The van der Waals surface area contributed by atoms with E-state index in [0.29, 0.717) is 26.3 Å². The molecule has 1 N–H and O–H groups in total. The minimum atomic E-state index is -0.529. The molecule has 2 amide bonds. The normalized spacial score (nSPS) is 15.5. The summed E-state index contributed by atoms with van der Waals surface area (Å²) in [4.78, 5) is 36.9. The Balaban J connectivity index is 1.85. The molecule has 1 atom stereocenters. The molecule has 130 valence electrons. The summed E-state index contributed by atoms with van der Waals surface area (Å²) >= 11 is 0. The molecule has 24 heavy (non-hydrogen) atoms. The molecule has 7 heteroatoms. The summed E-state index contributed by atoms with van der Waals surface area (Å²) in [5, 5.41) is 2.73. The third-order valence-corrected chi connectivity index (χ3v) is 3.67. The summed E-state index contributed by atoms with van der Waals surface area (Å²) in [7, 11) is 0. The van der Waals surface area contributed by atoms with Crippen molar-refractivity contribution in [2.45, 2.75) is 19.4 Å². The van der Waals surface area contributed by atoms with E-state index in [9.17, 15) is 14.4 Å². The van der Waals surface area contributed by atoms with Crippen molar-refractivity contribution in [2.24, 2.45) is 0 Å². The SMILES string of the molecule is CC(=O)N[C@@H](CC(=O)OCC(=O)N1CCOCC1)c1ccccc1. The van der Waals surface area contributed by atoms with Crippen LogP contribution in [0.2, 0.25) is 0 Å². The molecule has 0 radical (unpaired) electrons. The van der Waals surface area contributed by atoms with E-state index in [0.717, 1.165) is 5.56 Å². The van der Waals surface area contributed by atoms with Gasteiger partial charge in [0, 0.05) is 20.0 Å². The van der Waals surface area contributed by atoms with Gasteiger partial charge in [-0.2, -0.15) is 0 Å². The number of rotatable bonds is 6. The van der Waals surface area contributed by atoms with E-state index in [1.807, 2.05) is 30.3 Å². The van der Waals surface area contributed by atoms with Crippen molar-refractivity contribution in [3.63, 3.8) is 0 Å². The van der Waals surface area contributed by atoms with Gasteiger partial charge in [0.25, 0.3) is 5.91 Å². The van der Waals surface area contributed by atoms with Gasteiger partial charge in [-0.25, -0.2) is 0 Å². The lowest BCUT2D eigenvalue weighted by Gasteiger charge is -2.26. The molecule has 0 aromatic heterocycles. The first-order valence-electron chi connectivity index (χ1n) is 7.89. The molecule has 1 saturated heterocycles. The maximum Gasteiger partial charge on any atom is 0.308 e. The van der Waals surface area contributed by atoms with Crippen molar-refractivity contribution >= 4 is 17.8 Å². The highest BCUT2D eigenvalue weighted by atomic mass is 16.5. The highest BCUT2D eigenvalue weighted by Crippen LogP contribution is 2.17. The van der Waals surface area contributed by atoms with Gasteiger partial charge in [0.15, 0.2) is 6.61 Å². The van der Waals surface area contributed by atoms with Gasteiger partial charge in [-0.15, -0.1) is 0 Å². The monoisotopic (exact) mass is 334 g/mol. The molecular weight excluding hydrogens is 312 g/mol. The molecule has 2 rings (SSSR count). The number of ether oxygens (including phenoxy) is 2. The topological polar surface area (TPSA) is 84.9 Å². The summed E-state index contributed by atoms with van der Waals surface area (Å²) in [5.41, 5.74) is 0.809.